The smallest absolute Gasteiger partial charge is 0.322 e. The highest BCUT2D eigenvalue weighted by atomic mass is 16.4. The van der Waals surface area contributed by atoms with E-state index in [1.165, 1.54) is 0 Å². The third-order valence-electron chi connectivity index (χ3n) is 2.53. The molecule has 1 heterocycles. The first-order chi connectivity index (χ1) is 8.00. The molecule has 0 spiro atoms. The van der Waals surface area contributed by atoms with Crippen molar-refractivity contribution in [2.75, 3.05) is 26.2 Å². The monoisotopic (exact) mass is 244 g/mol. The lowest BCUT2D eigenvalue weighted by atomic mass is 10.2. The Morgan fingerprint density at radius 3 is 2.76 bits per heavy atom. The highest BCUT2D eigenvalue weighted by molar-refractivity contribution is 5.93. The highest BCUT2D eigenvalue weighted by Crippen LogP contribution is 2.04. The molecule has 0 aromatic carbocycles. The van der Waals surface area contributed by atoms with Crippen molar-refractivity contribution in [1.29, 1.82) is 0 Å². The summed E-state index contributed by atoms with van der Waals surface area (Å²) in [6.07, 6.45) is 0.0483. The van der Waals surface area contributed by atoms with Crippen molar-refractivity contribution in [3.63, 3.8) is 0 Å². The first-order valence-electron chi connectivity index (χ1n) is 5.27. The maximum atomic E-state index is 11.2. The van der Waals surface area contributed by atoms with Crippen LogP contribution in [-0.4, -0.2) is 60.1 Å². The number of carbonyl (C=O) groups is 3. The number of aliphatic carboxylic acids is 1. The second kappa shape index (κ2) is 6.16. The molecule has 0 aliphatic carbocycles. The molecule has 1 aliphatic heterocycles. The van der Waals surface area contributed by atoms with E-state index in [9.17, 15) is 14.4 Å². The third-order valence-corrected chi connectivity index (χ3v) is 2.53. The van der Waals surface area contributed by atoms with Crippen LogP contribution >= 0.6 is 0 Å². The summed E-state index contributed by atoms with van der Waals surface area (Å²) < 4.78 is 0. The molecule has 0 saturated carbocycles. The standard InChI is InChI=1S/C9H16N4O4/c10-9(17)12-7(14)1-3-13-4-2-11-5-6(13)8(15)16/h6,11H,1-5H2,(H,15,16)(H3,10,12,14,17). The Hall–Kier alpha value is -1.67. The number of carboxylic acids is 1. The average molecular weight is 244 g/mol. The second-order valence-corrected chi connectivity index (χ2v) is 3.76. The van der Waals surface area contributed by atoms with E-state index in [-0.39, 0.29) is 13.0 Å². The molecule has 1 rings (SSSR count). The van der Waals surface area contributed by atoms with Gasteiger partial charge in [-0.05, 0) is 0 Å². The summed E-state index contributed by atoms with van der Waals surface area (Å²) in [4.78, 5) is 34.2. The van der Waals surface area contributed by atoms with E-state index in [2.05, 4.69) is 5.32 Å². The second-order valence-electron chi connectivity index (χ2n) is 3.76. The van der Waals surface area contributed by atoms with Crippen LogP contribution in [0.2, 0.25) is 0 Å². The maximum absolute atomic E-state index is 11.2. The van der Waals surface area contributed by atoms with Crippen molar-refractivity contribution in [2.45, 2.75) is 12.5 Å². The molecule has 0 aromatic rings. The van der Waals surface area contributed by atoms with Gasteiger partial charge in [0.25, 0.3) is 0 Å². The van der Waals surface area contributed by atoms with Crippen molar-refractivity contribution in [3.8, 4) is 0 Å². The van der Waals surface area contributed by atoms with Crippen molar-refractivity contribution >= 4 is 17.9 Å². The molecule has 1 atom stereocenters. The number of hydrogen-bond donors (Lipinski definition) is 4. The normalized spacial score (nSPS) is 20.8. The van der Waals surface area contributed by atoms with Gasteiger partial charge >= 0.3 is 12.0 Å². The van der Waals surface area contributed by atoms with Crippen LogP contribution in [0.25, 0.3) is 0 Å². The summed E-state index contributed by atoms with van der Waals surface area (Å²) in [5, 5.41) is 13.9. The van der Waals surface area contributed by atoms with Gasteiger partial charge in [0.05, 0.1) is 0 Å². The van der Waals surface area contributed by atoms with Crippen molar-refractivity contribution in [3.05, 3.63) is 0 Å². The number of carboxylic acid groups (broad SMARTS) is 1. The summed E-state index contributed by atoms with van der Waals surface area (Å²) in [5.41, 5.74) is 4.79. The number of primary amides is 1. The van der Waals surface area contributed by atoms with Gasteiger partial charge in [0.15, 0.2) is 0 Å². The van der Waals surface area contributed by atoms with Crippen LogP contribution < -0.4 is 16.4 Å². The van der Waals surface area contributed by atoms with E-state index in [0.717, 1.165) is 0 Å². The van der Waals surface area contributed by atoms with E-state index in [1.807, 2.05) is 5.32 Å². The Kier molecular flexibility index (Phi) is 4.85. The van der Waals surface area contributed by atoms with Gasteiger partial charge < -0.3 is 16.2 Å². The fraction of sp³-hybridized carbons (Fsp3) is 0.667. The minimum absolute atomic E-state index is 0.0483. The summed E-state index contributed by atoms with van der Waals surface area (Å²) in [5.74, 6) is -1.42. The van der Waals surface area contributed by atoms with Crippen molar-refractivity contribution in [1.82, 2.24) is 15.5 Å². The Balaban J connectivity index is 2.40. The number of carbonyl (C=O) groups excluding carboxylic acids is 2. The quantitative estimate of drug-likeness (QED) is 0.450. The zero-order chi connectivity index (χ0) is 12.8. The molecule has 1 aliphatic rings. The summed E-state index contributed by atoms with van der Waals surface area (Å²) in [6.45, 7) is 1.88. The van der Waals surface area contributed by atoms with Crippen LogP contribution in [-0.2, 0) is 9.59 Å². The number of nitrogens with one attached hydrogen (secondary N) is 2. The molecule has 8 heteroatoms. The van der Waals surface area contributed by atoms with E-state index < -0.39 is 23.9 Å². The first-order valence-corrected chi connectivity index (χ1v) is 5.27. The van der Waals surface area contributed by atoms with E-state index >= 15 is 0 Å². The van der Waals surface area contributed by atoms with Crippen LogP contribution in [0.5, 0.6) is 0 Å². The molecule has 1 unspecified atom stereocenters. The van der Waals surface area contributed by atoms with Crippen LogP contribution in [0.4, 0.5) is 4.79 Å². The van der Waals surface area contributed by atoms with E-state index in [1.54, 1.807) is 4.90 Å². The van der Waals surface area contributed by atoms with Gasteiger partial charge in [-0.3, -0.25) is 19.8 Å². The number of nitrogens with two attached hydrogens (primary N) is 1. The lowest BCUT2D eigenvalue weighted by Gasteiger charge is -2.33. The zero-order valence-corrected chi connectivity index (χ0v) is 9.31. The summed E-state index contributed by atoms with van der Waals surface area (Å²) in [7, 11) is 0. The Morgan fingerprint density at radius 2 is 2.18 bits per heavy atom. The van der Waals surface area contributed by atoms with Gasteiger partial charge in [-0.15, -0.1) is 0 Å². The van der Waals surface area contributed by atoms with Crippen LogP contribution in [0.1, 0.15) is 6.42 Å². The number of urea groups is 1. The molecule has 1 fully saturated rings. The van der Waals surface area contributed by atoms with Gasteiger partial charge in [0.2, 0.25) is 5.91 Å². The lowest BCUT2D eigenvalue weighted by Crippen LogP contribution is -2.55. The number of imide groups is 1. The van der Waals surface area contributed by atoms with Gasteiger partial charge in [-0.25, -0.2) is 4.79 Å². The molecule has 0 bridgehead atoms. The molecule has 0 aromatic heterocycles. The Morgan fingerprint density at radius 1 is 1.47 bits per heavy atom. The Bertz CT molecular complexity index is 320. The number of amides is 3. The molecule has 1 saturated heterocycles. The largest absolute Gasteiger partial charge is 0.480 e. The van der Waals surface area contributed by atoms with Gasteiger partial charge in [0, 0.05) is 32.6 Å². The highest BCUT2D eigenvalue weighted by Gasteiger charge is 2.28. The maximum Gasteiger partial charge on any atom is 0.322 e. The fourth-order valence-corrected chi connectivity index (χ4v) is 1.70. The number of nitrogens with zero attached hydrogens (tertiary/aromatic N) is 1. The number of rotatable bonds is 4. The topological polar surface area (TPSA) is 125 Å². The number of piperazine rings is 1. The van der Waals surface area contributed by atoms with E-state index in [4.69, 9.17) is 10.8 Å². The van der Waals surface area contributed by atoms with Gasteiger partial charge in [-0.2, -0.15) is 0 Å². The lowest BCUT2D eigenvalue weighted by molar-refractivity contribution is -0.144. The minimum Gasteiger partial charge on any atom is -0.480 e. The van der Waals surface area contributed by atoms with Crippen molar-refractivity contribution in [2.24, 2.45) is 5.73 Å². The SMILES string of the molecule is NC(=O)NC(=O)CCN1CCNCC1C(=O)O. The molecule has 17 heavy (non-hydrogen) atoms. The zero-order valence-electron chi connectivity index (χ0n) is 9.31. The summed E-state index contributed by atoms with van der Waals surface area (Å²) in [6, 6.07) is -1.53. The molecule has 3 amide bonds. The molecule has 0 radical (unpaired) electrons. The molecule has 96 valence electrons. The van der Waals surface area contributed by atoms with Gasteiger partial charge in [0.1, 0.15) is 6.04 Å². The van der Waals surface area contributed by atoms with E-state index in [0.29, 0.717) is 19.6 Å². The average Bonchev–Trinajstić information content (AvgIpc) is 2.25. The molecule has 8 nitrogen and oxygen atoms in total. The van der Waals surface area contributed by atoms with Crippen LogP contribution in [0, 0.1) is 0 Å². The first kappa shape index (κ1) is 13.4. The van der Waals surface area contributed by atoms with Crippen LogP contribution in [0.3, 0.4) is 0 Å². The van der Waals surface area contributed by atoms with Crippen LogP contribution in [0.15, 0.2) is 0 Å². The molecular weight excluding hydrogens is 228 g/mol. The Labute approximate surface area is 98.1 Å². The third kappa shape index (κ3) is 4.37. The number of hydrogen-bond acceptors (Lipinski definition) is 5. The van der Waals surface area contributed by atoms with Crippen molar-refractivity contribution < 1.29 is 19.5 Å². The minimum atomic E-state index is -0.924. The molecule has 5 N–H and O–H groups in total. The van der Waals surface area contributed by atoms with Gasteiger partial charge in [-0.1, -0.05) is 0 Å². The summed E-state index contributed by atoms with van der Waals surface area (Å²) >= 11 is 0. The predicted octanol–water partition coefficient (Wildman–Crippen LogP) is -2.07. The fourth-order valence-electron chi connectivity index (χ4n) is 1.70. The predicted molar refractivity (Wildman–Crippen MR) is 58.2 cm³/mol. The molecular formula is C9H16N4O4.